The van der Waals surface area contributed by atoms with Gasteiger partial charge < -0.3 is 18.4 Å². The van der Waals surface area contributed by atoms with Crippen LogP contribution in [0.4, 0.5) is 0 Å². The molecule has 0 bridgehead atoms. The van der Waals surface area contributed by atoms with Crippen molar-refractivity contribution in [3.8, 4) is 17.2 Å². The number of benzene rings is 6. The normalized spacial score (nSPS) is 12.3. The van der Waals surface area contributed by atoms with Crippen LogP contribution < -0.4 is 13.3 Å². The van der Waals surface area contributed by atoms with Gasteiger partial charge in [0.25, 0.3) is 0 Å². The van der Waals surface area contributed by atoms with Gasteiger partial charge in [-0.25, -0.2) is 0 Å². The van der Waals surface area contributed by atoms with Crippen LogP contribution in [-0.2, 0) is 0 Å². The van der Waals surface area contributed by atoms with Gasteiger partial charge >= 0.3 is 0 Å². The van der Waals surface area contributed by atoms with E-state index in [4.69, 9.17) is 13.3 Å². The molecule has 0 aliphatic carbocycles. The number of carbonyl (C=O) groups is 2. The lowest BCUT2D eigenvalue weighted by Crippen LogP contribution is -2.43. The summed E-state index contributed by atoms with van der Waals surface area (Å²) in [4.78, 5) is 22.8. The third-order valence-corrected chi connectivity index (χ3v) is 27.9. The Labute approximate surface area is 456 Å². The zero-order valence-corrected chi connectivity index (χ0v) is 52.9. The van der Waals surface area contributed by atoms with E-state index in [1.165, 1.54) is 0 Å². The molecule has 1 atom stereocenters. The van der Waals surface area contributed by atoms with Gasteiger partial charge in [-0.05, 0) is 144 Å². The van der Waals surface area contributed by atoms with E-state index in [1.807, 2.05) is 133 Å². The van der Waals surface area contributed by atoms with Crippen molar-refractivity contribution in [2.45, 2.75) is 123 Å². The molecule has 0 amide bonds. The molecule has 0 heterocycles. The van der Waals surface area contributed by atoms with Crippen LogP contribution in [0, 0.1) is 0 Å². The Morgan fingerprint density at radius 3 is 1.19 bits per heavy atom. The first-order valence-electron chi connectivity index (χ1n) is 23.2. The van der Waals surface area contributed by atoms with Crippen molar-refractivity contribution in [3.05, 3.63) is 191 Å². The average Bonchev–Trinajstić information content (AvgIpc) is 3.25. The zero-order chi connectivity index (χ0) is 52.9. The fourth-order valence-electron chi connectivity index (χ4n) is 5.57. The number of aldehydes is 1. The molecular weight excluding hydrogens is 1180 g/mol. The Hall–Kier alpha value is -3.41. The third kappa shape index (κ3) is 19.2. The van der Waals surface area contributed by atoms with Gasteiger partial charge in [0.2, 0.25) is 25.0 Å². The number of carbonyl (C=O) groups excluding carboxylic acids is 2. The summed E-state index contributed by atoms with van der Waals surface area (Å²) >= 11 is 13.6. The van der Waals surface area contributed by atoms with Gasteiger partial charge in [-0.15, -0.1) is 0 Å². The number of aliphatic hydroxyl groups excluding tert-OH is 1. The van der Waals surface area contributed by atoms with Gasteiger partial charge in [0.1, 0.15) is 29.6 Å². The fraction of sp³-hybridized carbons (Fsp3) is 0.333. The highest BCUT2D eigenvalue weighted by atomic mass is 79.9. The molecule has 70 heavy (non-hydrogen) atoms. The highest BCUT2D eigenvalue weighted by molar-refractivity contribution is 9.11. The Morgan fingerprint density at radius 2 is 0.786 bits per heavy atom. The van der Waals surface area contributed by atoms with Crippen LogP contribution in [0.3, 0.4) is 0 Å². The van der Waals surface area contributed by atoms with Crippen molar-refractivity contribution in [1.29, 1.82) is 0 Å². The molecule has 6 nitrogen and oxygen atoms in total. The van der Waals surface area contributed by atoms with Crippen LogP contribution in [0.5, 0.6) is 17.2 Å². The number of aliphatic hydroxyl groups is 1. The minimum absolute atomic E-state index is 0.00646. The molecule has 1 N–H and O–H groups in total. The number of ketones is 1. The molecule has 0 aliphatic heterocycles. The molecule has 0 saturated carbocycles. The van der Waals surface area contributed by atoms with Gasteiger partial charge in [-0.2, -0.15) is 0 Å². The Kier molecular flexibility index (Phi) is 22.6. The topological polar surface area (TPSA) is 82.1 Å². The summed E-state index contributed by atoms with van der Waals surface area (Å²) in [7, 11) is -5.48. The zero-order valence-electron chi connectivity index (χ0n) is 43.5. The second-order valence-electron chi connectivity index (χ2n) is 21.6. The summed E-state index contributed by atoms with van der Waals surface area (Å²) in [6, 6.07) is 45.8. The van der Waals surface area contributed by atoms with E-state index in [-0.39, 0.29) is 20.9 Å². The molecule has 6 aromatic carbocycles. The molecule has 0 aromatic heterocycles. The number of rotatable bonds is 11. The summed E-state index contributed by atoms with van der Waals surface area (Å²) in [5.74, 6) is 2.59. The van der Waals surface area contributed by atoms with Crippen molar-refractivity contribution in [2.24, 2.45) is 0 Å². The molecule has 1 unspecified atom stereocenters. The van der Waals surface area contributed by atoms with E-state index in [2.05, 4.69) is 165 Å². The molecule has 0 fully saturated rings. The van der Waals surface area contributed by atoms with Crippen LogP contribution >= 0.6 is 63.7 Å². The lowest BCUT2D eigenvalue weighted by Gasteiger charge is -2.36. The van der Waals surface area contributed by atoms with Crippen LogP contribution in [0.1, 0.15) is 106 Å². The van der Waals surface area contributed by atoms with Crippen molar-refractivity contribution in [1.82, 2.24) is 0 Å². The number of hydrogen-bond acceptors (Lipinski definition) is 6. The number of hydrogen-bond donors (Lipinski definition) is 1. The summed E-state index contributed by atoms with van der Waals surface area (Å²) in [6.45, 7) is 33.4. The predicted octanol–water partition coefficient (Wildman–Crippen LogP) is 19.1. The lowest BCUT2D eigenvalue weighted by molar-refractivity contribution is 0.103. The summed E-state index contributed by atoms with van der Waals surface area (Å²) in [6.07, 6.45) is 0.167. The van der Waals surface area contributed by atoms with E-state index < -0.39 is 31.1 Å². The first-order valence-corrected chi connectivity index (χ1v) is 35.1. The molecule has 376 valence electrons. The second kappa shape index (κ2) is 26.0. The minimum atomic E-state index is -1.91. The Morgan fingerprint density at radius 1 is 0.457 bits per heavy atom. The van der Waals surface area contributed by atoms with E-state index in [0.717, 1.165) is 52.6 Å². The molecule has 0 saturated heterocycles. The van der Waals surface area contributed by atoms with Gasteiger partial charge in [0, 0.05) is 34.6 Å². The third-order valence-electron chi connectivity index (χ3n) is 12.8. The van der Waals surface area contributed by atoms with E-state index in [1.54, 1.807) is 12.1 Å². The van der Waals surface area contributed by atoms with Crippen molar-refractivity contribution in [3.63, 3.8) is 0 Å². The van der Waals surface area contributed by atoms with E-state index >= 15 is 0 Å². The smallest absolute Gasteiger partial charge is 0.250 e. The molecule has 0 radical (unpaired) electrons. The van der Waals surface area contributed by atoms with Gasteiger partial charge in [-0.1, -0.05) is 193 Å². The summed E-state index contributed by atoms with van der Waals surface area (Å²) < 4.78 is 22.7. The Balaban J connectivity index is 0.000000259. The van der Waals surface area contributed by atoms with Crippen molar-refractivity contribution < 1.29 is 28.0 Å². The first kappa shape index (κ1) is 60.9. The maximum absolute atomic E-state index is 12.6. The maximum Gasteiger partial charge on any atom is 0.250 e. The minimum Gasteiger partial charge on any atom is -0.543 e. The quantitative estimate of drug-likeness (QED) is 0.0791. The SMILES string of the molecule is CC(C)(C)[Si](C)(C)Oc1cccc(Br)c1.CC(C)(C)[Si](C)(C)Oc1cccc(C(=O)c2cccc(Br)c2)c1.CC(C)(C)[Si](C)(C)Oc1cccc(C(O)c2cccc(Br)c2)c1.O=Cc1cccc(Br)c1. The van der Waals surface area contributed by atoms with Gasteiger partial charge in [-0.3, -0.25) is 9.59 Å². The molecule has 6 rings (SSSR count). The molecule has 13 heteroatoms. The molecule has 0 spiro atoms. The average molecular weight is 1260 g/mol. The second-order valence-corrected chi connectivity index (χ2v) is 39.5. The van der Waals surface area contributed by atoms with E-state index in [9.17, 15) is 14.7 Å². The molecule has 6 aromatic rings. The summed E-state index contributed by atoms with van der Waals surface area (Å²) in [5.41, 5.74) is 3.73. The monoisotopic (exact) mass is 1250 g/mol. The highest BCUT2D eigenvalue weighted by Crippen LogP contribution is 2.40. The fourth-order valence-corrected chi connectivity index (χ4v) is 10.2. The van der Waals surface area contributed by atoms with Crippen LogP contribution in [0.15, 0.2) is 163 Å². The number of halogens is 4. The van der Waals surface area contributed by atoms with E-state index in [0.29, 0.717) is 16.7 Å². The molecular formula is C57H72Br4O6Si3. The van der Waals surface area contributed by atoms with Crippen LogP contribution in [0.25, 0.3) is 0 Å². The van der Waals surface area contributed by atoms with Crippen LogP contribution in [0.2, 0.25) is 54.4 Å². The van der Waals surface area contributed by atoms with Crippen molar-refractivity contribution >= 4 is 101 Å². The highest BCUT2D eigenvalue weighted by Gasteiger charge is 2.41. The van der Waals surface area contributed by atoms with Gasteiger partial charge in [0.15, 0.2) is 5.78 Å². The predicted molar refractivity (Wildman–Crippen MR) is 316 cm³/mol. The molecule has 0 aliphatic rings. The van der Waals surface area contributed by atoms with Crippen molar-refractivity contribution in [2.75, 3.05) is 0 Å². The first-order chi connectivity index (χ1) is 32.2. The lowest BCUT2D eigenvalue weighted by atomic mass is 10.0. The standard InChI is InChI=1S/C19H25BrO2Si.C19H23BrO2Si.C12H19BrOSi.C7H5BrO/c2*1-19(2,3)23(4,5)22-17-11-7-9-15(13-17)18(21)14-8-6-10-16(20)12-14;1-12(2,3)15(4,5)14-11-8-6-7-10(13)9-11;8-7-3-1-2-6(4-7)5-9/h6-13,18,21H,1-5H3;6-13H,1-5H3;6-9H,1-5H3;1-5H. The van der Waals surface area contributed by atoms with Gasteiger partial charge in [0.05, 0.1) is 0 Å². The maximum atomic E-state index is 12.6. The largest absolute Gasteiger partial charge is 0.543 e. The Bertz CT molecular complexity index is 2650. The van der Waals surface area contributed by atoms with Crippen LogP contribution in [-0.4, -0.2) is 42.1 Å². The summed E-state index contributed by atoms with van der Waals surface area (Å²) in [5, 5.41) is 11.1.